The van der Waals surface area contributed by atoms with Crippen molar-refractivity contribution in [2.45, 2.75) is 25.5 Å². The van der Waals surface area contributed by atoms with Gasteiger partial charge in [-0.15, -0.1) is 12.4 Å². The molecule has 2 heterocycles. The van der Waals surface area contributed by atoms with Gasteiger partial charge in [0.2, 0.25) is 0 Å². The molecule has 1 unspecified atom stereocenters. The van der Waals surface area contributed by atoms with Gasteiger partial charge >= 0.3 is 0 Å². The van der Waals surface area contributed by atoms with Crippen molar-refractivity contribution < 1.29 is 5.11 Å². The van der Waals surface area contributed by atoms with Crippen molar-refractivity contribution in [3.63, 3.8) is 0 Å². The number of nitrogens with zero attached hydrogens (tertiary/aromatic N) is 1. The lowest BCUT2D eigenvalue weighted by Gasteiger charge is -2.31. The average Bonchev–Trinajstić information content (AvgIpc) is 3.11. The first-order valence-corrected chi connectivity index (χ1v) is 9.42. The van der Waals surface area contributed by atoms with Crippen LogP contribution in [0.15, 0.2) is 47.2 Å². The van der Waals surface area contributed by atoms with Gasteiger partial charge in [-0.3, -0.25) is 4.90 Å². The van der Waals surface area contributed by atoms with E-state index in [9.17, 15) is 5.11 Å². The zero-order chi connectivity index (χ0) is 15.9. The minimum Gasteiger partial charge on any atom is -0.387 e. The van der Waals surface area contributed by atoms with Crippen LogP contribution in [0.1, 0.15) is 30.1 Å². The molecule has 0 spiro atoms. The third-order valence-electron chi connectivity index (χ3n) is 4.58. The van der Waals surface area contributed by atoms with Crippen LogP contribution in [-0.2, 0) is 6.54 Å². The maximum Gasteiger partial charge on any atom is 0.0925 e. The number of aliphatic hydroxyl groups excluding tert-OH is 1. The Morgan fingerprint density at radius 1 is 1.17 bits per heavy atom. The monoisotopic (exact) mass is 366 g/mol. The number of hydrogen-bond donors (Lipinski definition) is 2. The minimum absolute atomic E-state index is 0. The average molecular weight is 367 g/mol. The molecule has 1 aliphatic rings. The summed E-state index contributed by atoms with van der Waals surface area (Å²) in [6.07, 6.45) is 2.08. The van der Waals surface area contributed by atoms with Crippen molar-refractivity contribution in [1.29, 1.82) is 0 Å². The number of nitrogens with one attached hydrogen (secondary N) is 1. The fourth-order valence-electron chi connectivity index (χ4n) is 3.29. The van der Waals surface area contributed by atoms with Gasteiger partial charge in [0, 0.05) is 19.6 Å². The number of benzene rings is 1. The molecule has 24 heavy (non-hydrogen) atoms. The third-order valence-corrected chi connectivity index (χ3v) is 5.28. The fourth-order valence-corrected chi connectivity index (χ4v) is 4.00. The largest absolute Gasteiger partial charge is 0.387 e. The first-order chi connectivity index (χ1) is 11.3. The molecule has 1 saturated heterocycles. The molecule has 2 aromatic rings. The molecular weight excluding hydrogens is 340 g/mol. The normalized spacial score (nSPS) is 16.8. The van der Waals surface area contributed by atoms with E-state index in [4.69, 9.17) is 0 Å². The van der Waals surface area contributed by atoms with Crippen LogP contribution in [0.5, 0.6) is 0 Å². The molecule has 5 heteroatoms. The molecule has 2 N–H and O–H groups in total. The number of aliphatic hydroxyl groups is 1. The fraction of sp³-hybridized carbons (Fsp3) is 0.474. The van der Waals surface area contributed by atoms with Crippen LogP contribution in [0, 0.1) is 5.92 Å². The summed E-state index contributed by atoms with van der Waals surface area (Å²) in [6, 6.07) is 12.6. The van der Waals surface area contributed by atoms with Crippen LogP contribution >= 0.6 is 23.7 Å². The molecule has 0 saturated carbocycles. The third kappa shape index (κ3) is 5.87. The number of hydrogen-bond acceptors (Lipinski definition) is 4. The Hall–Kier alpha value is -0.910. The lowest BCUT2D eigenvalue weighted by Crippen LogP contribution is -2.37. The molecule has 3 rings (SSSR count). The Balaban J connectivity index is 0.00000208. The standard InChI is InChI=1S/C19H26N2OS.ClH/c22-19(18-8-11-23-15-18)14-21(12-16-4-2-1-3-5-16)13-17-6-9-20-10-7-17;/h1-5,8,11,15,17,19-20,22H,6-7,9-10,12-14H2;1H. The first-order valence-electron chi connectivity index (χ1n) is 8.48. The Morgan fingerprint density at radius 2 is 1.92 bits per heavy atom. The van der Waals surface area contributed by atoms with E-state index < -0.39 is 6.10 Å². The van der Waals surface area contributed by atoms with E-state index in [-0.39, 0.29) is 12.4 Å². The van der Waals surface area contributed by atoms with Crippen LogP contribution in [0.4, 0.5) is 0 Å². The summed E-state index contributed by atoms with van der Waals surface area (Å²) in [4.78, 5) is 2.42. The highest BCUT2D eigenvalue weighted by molar-refractivity contribution is 7.07. The quantitative estimate of drug-likeness (QED) is 0.784. The van der Waals surface area contributed by atoms with E-state index >= 15 is 0 Å². The van der Waals surface area contributed by atoms with Gasteiger partial charge < -0.3 is 10.4 Å². The summed E-state index contributed by atoms with van der Waals surface area (Å²) >= 11 is 1.65. The SMILES string of the molecule is Cl.OC(CN(Cc1ccccc1)CC1CCNCC1)c1ccsc1. The first kappa shape index (κ1) is 19.4. The van der Waals surface area contributed by atoms with E-state index in [2.05, 4.69) is 45.9 Å². The van der Waals surface area contributed by atoms with Crippen molar-refractivity contribution in [3.05, 3.63) is 58.3 Å². The Labute approximate surface area is 155 Å². The zero-order valence-electron chi connectivity index (χ0n) is 13.9. The molecule has 3 nitrogen and oxygen atoms in total. The van der Waals surface area contributed by atoms with Gasteiger partial charge in [0.25, 0.3) is 0 Å². The maximum atomic E-state index is 10.5. The predicted molar refractivity (Wildman–Crippen MR) is 104 cm³/mol. The lowest BCUT2D eigenvalue weighted by atomic mass is 9.97. The van der Waals surface area contributed by atoms with Gasteiger partial charge in [0.05, 0.1) is 6.10 Å². The van der Waals surface area contributed by atoms with Crippen molar-refractivity contribution in [1.82, 2.24) is 10.2 Å². The lowest BCUT2D eigenvalue weighted by molar-refractivity contribution is 0.0942. The van der Waals surface area contributed by atoms with Gasteiger partial charge in [-0.1, -0.05) is 30.3 Å². The van der Waals surface area contributed by atoms with E-state index in [1.807, 2.05) is 11.4 Å². The molecule has 1 aromatic heterocycles. The van der Waals surface area contributed by atoms with Crippen molar-refractivity contribution in [3.8, 4) is 0 Å². The molecule has 1 fully saturated rings. The summed E-state index contributed by atoms with van der Waals surface area (Å²) in [6.45, 7) is 4.92. The maximum absolute atomic E-state index is 10.5. The molecule has 0 bridgehead atoms. The van der Waals surface area contributed by atoms with E-state index in [1.54, 1.807) is 11.3 Å². The Bertz CT molecular complexity index is 558. The van der Waals surface area contributed by atoms with E-state index in [0.717, 1.165) is 37.7 Å². The highest BCUT2D eigenvalue weighted by Gasteiger charge is 2.20. The molecule has 1 atom stereocenters. The second kappa shape index (κ2) is 10.2. The van der Waals surface area contributed by atoms with Crippen LogP contribution in [0.3, 0.4) is 0 Å². The van der Waals surface area contributed by atoms with Gasteiger partial charge in [-0.2, -0.15) is 11.3 Å². The van der Waals surface area contributed by atoms with Crippen LogP contribution in [-0.4, -0.2) is 36.2 Å². The summed E-state index contributed by atoms with van der Waals surface area (Å²) in [5.41, 5.74) is 2.36. The Kier molecular flexibility index (Phi) is 8.22. The van der Waals surface area contributed by atoms with Gasteiger partial charge in [0.15, 0.2) is 0 Å². The van der Waals surface area contributed by atoms with Crippen molar-refractivity contribution in [2.24, 2.45) is 5.92 Å². The molecule has 0 amide bonds. The summed E-state index contributed by atoms with van der Waals surface area (Å²) in [5, 5.41) is 18.1. The number of halogens is 1. The van der Waals surface area contributed by atoms with Gasteiger partial charge in [-0.25, -0.2) is 0 Å². The summed E-state index contributed by atoms with van der Waals surface area (Å²) < 4.78 is 0. The molecule has 1 aromatic carbocycles. The molecular formula is C19H27ClN2OS. The smallest absolute Gasteiger partial charge is 0.0925 e. The molecule has 132 valence electrons. The zero-order valence-corrected chi connectivity index (χ0v) is 15.6. The molecule has 1 aliphatic heterocycles. The number of piperidine rings is 1. The highest BCUT2D eigenvalue weighted by Crippen LogP contribution is 2.21. The summed E-state index contributed by atoms with van der Waals surface area (Å²) in [5.74, 6) is 0.731. The Morgan fingerprint density at radius 3 is 2.58 bits per heavy atom. The van der Waals surface area contributed by atoms with Crippen molar-refractivity contribution in [2.75, 3.05) is 26.2 Å². The molecule has 0 radical (unpaired) electrons. The second-order valence-corrected chi connectivity index (χ2v) is 7.23. The van der Waals surface area contributed by atoms with E-state index in [0.29, 0.717) is 6.54 Å². The van der Waals surface area contributed by atoms with Crippen LogP contribution < -0.4 is 5.32 Å². The topological polar surface area (TPSA) is 35.5 Å². The number of thiophene rings is 1. The van der Waals surface area contributed by atoms with Gasteiger partial charge in [0.1, 0.15) is 0 Å². The predicted octanol–water partition coefficient (Wildman–Crippen LogP) is 3.71. The highest BCUT2D eigenvalue weighted by atomic mass is 35.5. The van der Waals surface area contributed by atoms with Crippen molar-refractivity contribution >= 4 is 23.7 Å². The second-order valence-electron chi connectivity index (χ2n) is 6.45. The molecule has 0 aliphatic carbocycles. The summed E-state index contributed by atoms with van der Waals surface area (Å²) in [7, 11) is 0. The van der Waals surface area contributed by atoms with E-state index in [1.165, 1.54) is 18.4 Å². The van der Waals surface area contributed by atoms with Crippen LogP contribution in [0.2, 0.25) is 0 Å². The minimum atomic E-state index is -0.397. The van der Waals surface area contributed by atoms with Gasteiger partial charge in [-0.05, 0) is 59.8 Å². The van der Waals surface area contributed by atoms with Crippen LogP contribution in [0.25, 0.3) is 0 Å². The number of rotatable bonds is 7.